The normalized spacial score (nSPS) is 47.8. The highest BCUT2D eigenvalue weighted by molar-refractivity contribution is 5.85. The molecule has 0 radical (unpaired) electrons. The first-order chi connectivity index (χ1) is 15.1. The second-order valence-corrected chi connectivity index (χ2v) is 14.4. The van der Waals surface area contributed by atoms with E-state index in [0.717, 1.165) is 51.4 Å². The Bertz CT molecular complexity index is 983. The number of rotatable bonds is 1. The summed E-state index contributed by atoms with van der Waals surface area (Å²) in [5.41, 5.74) is 2.04. The van der Waals surface area contributed by atoms with Crippen molar-refractivity contribution in [2.45, 2.75) is 106 Å². The van der Waals surface area contributed by atoms with Gasteiger partial charge in [0.15, 0.2) is 0 Å². The maximum atomic E-state index is 12.9. The van der Waals surface area contributed by atoms with Crippen molar-refractivity contribution >= 4 is 11.8 Å². The molecule has 0 spiro atoms. The smallest absolute Gasteiger partial charge is 0.313 e. The van der Waals surface area contributed by atoms with Crippen molar-refractivity contribution in [2.75, 3.05) is 0 Å². The van der Waals surface area contributed by atoms with Gasteiger partial charge in [-0.1, -0.05) is 60.6 Å². The highest BCUT2D eigenvalue weighted by Crippen LogP contribution is 2.73. The van der Waals surface area contributed by atoms with Gasteiger partial charge in [-0.2, -0.15) is 0 Å². The summed E-state index contributed by atoms with van der Waals surface area (Å²) < 4.78 is 0. The van der Waals surface area contributed by atoms with Gasteiger partial charge >= 0.3 is 5.97 Å². The van der Waals surface area contributed by atoms with Crippen LogP contribution in [0.4, 0.5) is 0 Å². The number of fused-ring (bicyclic) bond motifs is 6. The molecule has 0 aromatic rings. The van der Waals surface area contributed by atoms with Gasteiger partial charge in [0.1, 0.15) is 5.78 Å². The molecule has 33 heavy (non-hydrogen) atoms. The topological polar surface area (TPSA) is 54.4 Å². The van der Waals surface area contributed by atoms with E-state index >= 15 is 0 Å². The second-order valence-electron chi connectivity index (χ2n) is 14.4. The molecule has 5 rings (SSSR count). The Morgan fingerprint density at radius 2 is 1.61 bits per heavy atom. The zero-order valence-corrected chi connectivity index (χ0v) is 21.9. The summed E-state index contributed by atoms with van der Waals surface area (Å²) in [6, 6.07) is 0. The number of Topliss-reactive ketones (excluding diaryl/α,β-unsaturated/α-hetero) is 1. The molecule has 0 amide bonds. The summed E-state index contributed by atoms with van der Waals surface area (Å²) in [5.74, 6) is 0.684. The number of aliphatic carboxylic acids is 1. The van der Waals surface area contributed by atoms with Gasteiger partial charge in [0.2, 0.25) is 0 Å². The molecule has 3 nitrogen and oxygen atoms in total. The van der Waals surface area contributed by atoms with Crippen LogP contribution in [0.1, 0.15) is 106 Å². The molecule has 3 heteroatoms. The molecule has 0 aliphatic heterocycles. The van der Waals surface area contributed by atoms with E-state index in [4.69, 9.17) is 0 Å². The van der Waals surface area contributed by atoms with Crippen LogP contribution >= 0.6 is 0 Å². The molecule has 0 aromatic carbocycles. The van der Waals surface area contributed by atoms with E-state index in [0.29, 0.717) is 24.0 Å². The molecule has 0 bridgehead atoms. The minimum absolute atomic E-state index is 0.00625. The summed E-state index contributed by atoms with van der Waals surface area (Å²) in [6.45, 7) is 16.4. The van der Waals surface area contributed by atoms with E-state index < -0.39 is 11.4 Å². The van der Waals surface area contributed by atoms with Crippen LogP contribution in [0.2, 0.25) is 0 Å². The van der Waals surface area contributed by atoms with Gasteiger partial charge in [-0.15, -0.1) is 0 Å². The van der Waals surface area contributed by atoms with Crippen molar-refractivity contribution in [3.63, 3.8) is 0 Å². The van der Waals surface area contributed by atoms with E-state index in [1.54, 1.807) is 0 Å². The van der Waals surface area contributed by atoms with Crippen molar-refractivity contribution < 1.29 is 14.7 Å². The zero-order valence-electron chi connectivity index (χ0n) is 21.9. The molecule has 1 unspecified atom stereocenters. The van der Waals surface area contributed by atoms with Crippen LogP contribution in [0.15, 0.2) is 23.3 Å². The number of hydrogen-bond acceptors (Lipinski definition) is 2. The lowest BCUT2D eigenvalue weighted by molar-refractivity contribution is -0.168. The first-order valence-corrected chi connectivity index (χ1v) is 13.3. The van der Waals surface area contributed by atoms with Gasteiger partial charge in [0, 0.05) is 11.8 Å². The van der Waals surface area contributed by atoms with Gasteiger partial charge in [-0.25, -0.2) is 0 Å². The molecule has 1 N–H and O–H groups in total. The Morgan fingerprint density at radius 1 is 0.939 bits per heavy atom. The molecule has 182 valence electrons. The van der Waals surface area contributed by atoms with Crippen LogP contribution in [0, 0.1) is 44.3 Å². The van der Waals surface area contributed by atoms with Crippen LogP contribution < -0.4 is 0 Å². The average Bonchev–Trinajstić information content (AvgIpc) is 2.71. The second kappa shape index (κ2) is 6.64. The fraction of sp³-hybridized carbons (Fsp3) is 0.800. The number of carboxylic acids is 1. The van der Waals surface area contributed by atoms with Crippen molar-refractivity contribution in [1.82, 2.24) is 0 Å². The van der Waals surface area contributed by atoms with Crippen molar-refractivity contribution in [3.8, 4) is 0 Å². The van der Waals surface area contributed by atoms with Gasteiger partial charge < -0.3 is 5.11 Å². The van der Waals surface area contributed by atoms with Crippen LogP contribution in [0.3, 0.4) is 0 Å². The fourth-order valence-corrected chi connectivity index (χ4v) is 9.75. The number of hydrogen-bond donors (Lipinski definition) is 1. The summed E-state index contributed by atoms with van der Waals surface area (Å²) in [7, 11) is 0. The van der Waals surface area contributed by atoms with Gasteiger partial charge in [-0.3, -0.25) is 9.59 Å². The first-order valence-electron chi connectivity index (χ1n) is 13.3. The number of allylic oxidation sites excluding steroid dienone is 3. The van der Waals surface area contributed by atoms with Crippen LogP contribution in [0.5, 0.6) is 0 Å². The largest absolute Gasteiger partial charge is 0.481 e. The van der Waals surface area contributed by atoms with Gasteiger partial charge in [-0.05, 0) is 96.0 Å². The maximum absolute atomic E-state index is 12.9. The van der Waals surface area contributed by atoms with E-state index in [1.165, 1.54) is 11.1 Å². The number of ketones is 1. The summed E-state index contributed by atoms with van der Waals surface area (Å²) in [6.07, 6.45) is 13.1. The Hall–Kier alpha value is -1.38. The summed E-state index contributed by atoms with van der Waals surface area (Å²) in [5, 5.41) is 10.5. The molecule has 5 aliphatic carbocycles. The monoisotopic (exact) mass is 452 g/mol. The third-order valence-corrected chi connectivity index (χ3v) is 12.2. The minimum Gasteiger partial charge on any atom is -0.481 e. The quantitative estimate of drug-likeness (QED) is 0.452. The summed E-state index contributed by atoms with van der Waals surface area (Å²) in [4.78, 5) is 25.6. The fourth-order valence-electron chi connectivity index (χ4n) is 9.75. The van der Waals surface area contributed by atoms with E-state index in [2.05, 4.69) is 60.6 Å². The molecule has 5 aliphatic rings. The predicted octanol–water partition coefficient (Wildman–Crippen LogP) is 7.36. The SMILES string of the molecule is CC1(C)CC[C@]2(C(=O)O)CC[C@]3(C)C(=C2C1)C=C[C@@H]1[C@@]2(C)CCC(=O)C(C)(C)C2CC[C@]13C. The zero-order chi connectivity index (χ0) is 24.2. The maximum Gasteiger partial charge on any atom is 0.313 e. The standard InChI is InChI=1S/C30H44O3/c1-25(2)14-16-30(24(32)33)17-15-28(6)19(20(30)18-25)8-9-22-27(5)12-11-23(31)26(3,4)21(27)10-13-29(22,28)7/h8-9,21-22H,10-18H2,1-7H3,(H,32,33)/t21?,22-,27+,28-,29-,30+/m1/s1. The number of carbonyl (C=O) groups is 2. The number of carbonyl (C=O) groups excluding carboxylic acids is 1. The Labute approximate surface area is 200 Å². The molecule has 3 saturated carbocycles. The molecular weight excluding hydrogens is 408 g/mol. The average molecular weight is 453 g/mol. The van der Waals surface area contributed by atoms with Gasteiger partial charge in [0.05, 0.1) is 5.41 Å². The first kappa shape index (κ1) is 23.4. The predicted molar refractivity (Wildman–Crippen MR) is 132 cm³/mol. The van der Waals surface area contributed by atoms with Crippen molar-refractivity contribution in [1.29, 1.82) is 0 Å². The van der Waals surface area contributed by atoms with E-state index in [9.17, 15) is 14.7 Å². The molecule has 0 aromatic heterocycles. The molecule has 3 fully saturated rings. The van der Waals surface area contributed by atoms with Gasteiger partial charge in [0.25, 0.3) is 0 Å². The number of carboxylic acid groups (broad SMARTS) is 1. The highest BCUT2D eigenvalue weighted by atomic mass is 16.4. The molecule has 0 heterocycles. The van der Waals surface area contributed by atoms with Crippen LogP contribution in [-0.2, 0) is 9.59 Å². The van der Waals surface area contributed by atoms with Crippen molar-refractivity contribution in [2.24, 2.45) is 44.3 Å². The van der Waals surface area contributed by atoms with Crippen LogP contribution in [0.25, 0.3) is 0 Å². The third kappa shape index (κ3) is 2.74. The Kier molecular flexibility index (Phi) is 4.70. The lowest BCUT2D eigenvalue weighted by Crippen LogP contribution is -2.62. The van der Waals surface area contributed by atoms with Crippen LogP contribution in [-0.4, -0.2) is 16.9 Å². The highest BCUT2D eigenvalue weighted by Gasteiger charge is 2.67. The molecule has 0 saturated heterocycles. The lowest BCUT2D eigenvalue weighted by atomic mass is 9.35. The minimum atomic E-state index is -0.668. The lowest BCUT2D eigenvalue weighted by Gasteiger charge is -2.68. The molecular formula is C30H44O3. The van der Waals surface area contributed by atoms with E-state index in [1.807, 2.05) is 0 Å². The molecule has 6 atom stereocenters. The van der Waals surface area contributed by atoms with Crippen molar-refractivity contribution in [3.05, 3.63) is 23.3 Å². The Morgan fingerprint density at radius 3 is 2.27 bits per heavy atom. The Balaban J connectivity index is 1.68. The third-order valence-electron chi connectivity index (χ3n) is 12.2. The van der Waals surface area contributed by atoms with E-state index in [-0.39, 0.29) is 27.1 Å². The summed E-state index contributed by atoms with van der Waals surface area (Å²) >= 11 is 0.